The van der Waals surface area contributed by atoms with Crippen LogP contribution in [0.15, 0.2) is 12.3 Å². The molecule has 44 valence electrons. The summed E-state index contributed by atoms with van der Waals surface area (Å²) in [6.07, 6.45) is 5.46. The van der Waals surface area contributed by atoms with Crippen LogP contribution in [-0.2, 0) is 0 Å². The largest absolute Gasteiger partial charge is 0.405 e. The summed E-state index contributed by atoms with van der Waals surface area (Å²) >= 11 is 0. The van der Waals surface area contributed by atoms with E-state index in [1.807, 2.05) is 0 Å². The minimum absolute atomic E-state index is 0.537. The Morgan fingerprint density at radius 1 is 1.62 bits per heavy atom. The van der Waals surface area contributed by atoms with Gasteiger partial charge in [-0.15, -0.1) is 0 Å². The minimum atomic E-state index is 0.537. The highest BCUT2D eigenvalue weighted by atomic mass is 14.5. The van der Waals surface area contributed by atoms with E-state index in [1.54, 1.807) is 6.08 Å². The van der Waals surface area contributed by atoms with Gasteiger partial charge in [-0.05, 0) is 25.1 Å². The smallest absolute Gasteiger partial charge is 0.0359 e. The van der Waals surface area contributed by atoms with Crippen molar-refractivity contribution in [2.24, 2.45) is 11.7 Å². The third-order valence-electron chi connectivity index (χ3n) is 1.29. The zero-order chi connectivity index (χ0) is 5.98. The van der Waals surface area contributed by atoms with Gasteiger partial charge in [-0.3, -0.25) is 0 Å². The molecule has 0 aliphatic heterocycles. The average Bonchev–Trinajstić information content (AvgIpc) is 2.45. The number of nitrogens with one attached hydrogen (secondary N) is 1. The lowest BCUT2D eigenvalue weighted by Crippen LogP contribution is -1.93. The molecule has 0 bridgehead atoms. The van der Waals surface area contributed by atoms with E-state index in [-0.39, 0.29) is 0 Å². The maximum Gasteiger partial charge on any atom is 0.0359 e. The van der Waals surface area contributed by atoms with Gasteiger partial charge in [0.1, 0.15) is 0 Å². The van der Waals surface area contributed by atoms with Gasteiger partial charge in [0, 0.05) is 11.6 Å². The van der Waals surface area contributed by atoms with Crippen LogP contribution in [0, 0.1) is 11.3 Å². The molecular weight excluding hydrogens is 100 g/mol. The van der Waals surface area contributed by atoms with Crippen LogP contribution >= 0.6 is 0 Å². The van der Waals surface area contributed by atoms with Crippen molar-refractivity contribution in [2.45, 2.75) is 12.8 Å². The first kappa shape index (κ1) is 5.35. The van der Waals surface area contributed by atoms with Gasteiger partial charge in [0.25, 0.3) is 0 Å². The lowest BCUT2D eigenvalue weighted by molar-refractivity contribution is 1.17. The third-order valence-corrected chi connectivity index (χ3v) is 1.29. The molecular formula is C6H10N2. The van der Waals surface area contributed by atoms with Crippen LogP contribution in [0.3, 0.4) is 0 Å². The van der Waals surface area contributed by atoms with Gasteiger partial charge in [-0.25, -0.2) is 0 Å². The summed E-state index contributed by atoms with van der Waals surface area (Å²) in [4.78, 5) is 0. The number of allylic oxidation sites excluding steroid dienone is 1. The van der Waals surface area contributed by atoms with Crippen LogP contribution in [0.4, 0.5) is 0 Å². The molecule has 0 aromatic carbocycles. The molecule has 0 amide bonds. The molecule has 0 radical (unpaired) electrons. The van der Waals surface area contributed by atoms with Gasteiger partial charge >= 0.3 is 0 Å². The Labute approximate surface area is 48.9 Å². The van der Waals surface area contributed by atoms with Gasteiger partial charge in [-0.1, -0.05) is 0 Å². The van der Waals surface area contributed by atoms with Gasteiger partial charge < -0.3 is 11.1 Å². The van der Waals surface area contributed by atoms with E-state index in [1.165, 1.54) is 19.0 Å². The van der Waals surface area contributed by atoms with Crippen molar-refractivity contribution in [2.75, 3.05) is 0 Å². The van der Waals surface area contributed by atoms with E-state index in [2.05, 4.69) is 0 Å². The molecule has 0 saturated heterocycles. The number of hydrogen-bond acceptors (Lipinski definition) is 2. The van der Waals surface area contributed by atoms with Gasteiger partial charge in [0.05, 0.1) is 0 Å². The maximum absolute atomic E-state index is 7.24. The number of rotatable bonds is 2. The summed E-state index contributed by atoms with van der Waals surface area (Å²) < 4.78 is 0. The second-order valence-corrected chi connectivity index (χ2v) is 2.09. The Morgan fingerprint density at radius 3 is 2.62 bits per heavy atom. The minimum Gasteiger partial charge on any atom is -0.405 e. The molecule has 3 N–H and O–H groups in total. The van der Waals surface area contributed by atoms with Crippen molar-refractivity contribution >= 4 is 5.71 Å². The molecule has 0 aromatic heterocycles. The van der Waals surface area contributed by atoms with E-state index < -0.39 is 0 Å². The molecule has 0 aromatic rings. The first-order valence-corrected chi connectivity index (χ1v) is 2.81. The Morgan fingerprint density at radius 2 is 2.25 bits per heavy atom. The Bertz CT molecular complexity index is 122. The van der Waals surface area contributed by atoms with E-state index >= 15 is 0 Å². The summed E-state index contributed by atoms with van der Waals surface area (Å²) in [5.74, 6) is 0.537. The summed E-state index contributed by atoms with van der Waals surface area (Å²) in [7, 11) is 0. The Hall–Kier alpha value is -0.790. The normalized spacial score (nSPS) is 19.5. The van der Waals surface area contributed by atoms with E-state index in [4.69, 9.17) is 11.1 Å². The second-order valence-electron chi connectivity index (χ2n) is 2.09. The predicted octanol–water partition coefficient (Wildman–Crippen LogP) is 0.889. The van der Waals surface area contributed by atoms with Crippen molar-refractivity contribution < 1.29 is 0 Å². The van der Waals surface area contributed by atoms with Gasteiger partial charge in [0.15, 0.2) is 0 Å². The maximum atomic E-state index is 7.24. The molecule has 2 nitrogen and oxygen atoms in total. The summed E-state index contributed by atoms with van der Waals surface area (Å²) in [6, 6.07) is 0. The van der Waals surface area contributed by atoms with Crippen LogP contribution in [-0.4, -0.2) is 5.71 Å². The standard InChI is InChI=1S/C6H10N2/c7-4-3-6(8)5-1-2-5/h3-5,8H,1-2,7H2. The van der Waals surface area contributed by atoms with Gasteiger partial charge in [-0.2, -0.15) is 0 Å². The van der Waals surface area contributed by atoms with E-state index in [9.17, 15) is 0 Å². The van der Waals surface area contributed by atoms with Crippen LogP contribution in [0.25, 0.3) is 0 Å². The molecule has 1 aliphatic carbocycles. The molecule has 1 saturated carbocycles. The summed E-state index contributed by atoms with van der Waals surface area (Å²) in [5, 5.41) is 7.24. The fourth-order valence-corrected chi connectivity index (χ4v) is 0.634. The fraction of sp³-hybridized carbons (Fsp3) is 0.500. The first-order valence-electron chi connectivity index (χ1n) is 2.81. The highest BCUT2D eigenvalue weighted by molar-refractivity contribution is 5.95. The van der Waals surface area contributed by atoms with E-state index in [0.29, 0.717) is 11.6 Å². The van der Waals surface area contributed by atoms with Crippen LogP contribution < -0.4 is 5.73 Å². The topological polar surface area (TPSA) is 49.9 Å². The van der Waals surface area contributed by atoms with Crippen molar-refractivity contribution in [1.29, 1.82) is 5.41 Å². The molecule has 1 rings (SSSR count). The molecule has 0 atom stereocenters. The van der Waals surface area contributed by atoms with Crippen molar-refractivity contribution in [1.82, 2.24) is 0 Å². The zero-order valence-electron chi connectivity index (χ0n) is 4.72. The molecule has 0 heterocycles. The summed E-state index contributed by atoms with van der Waals surface area (Å²) in [5.41, 5.74) is 5.76. The lowest BCUT2D eigenvalue weighted by atomic mass is 10.2. The van der Waals surface area contributed by atoms with Crippen LogP contribution in [0.1, 0.15) is 12.8 Å². The molecule has 8 heavy (non-hydrogen) atoms. The van der Waals surface area contributed by atoms with E-state index in [0.717, 1.165) is 0 Å². The first-order chi connectivity index (χ1) is 3.84. The summed E-state index contributed by atoms with van der Waals surface area (Å²) in [6.45, 7) is 0. The molecule has 1 aliphatic rings. The van der Waals surface area contributed by atoms with Crippen molar-refractivity contribution in [3.05, 3.63) is 12.3 Å². The monoisotopic (exact) mass is 110 g/mol. The fourth-order valence-electron chi connectivity index (χ4n) is 0.634. The molecule has 0 spiro atoms. The van der Waals surface area contributed by atoms with Crippen molar-refractivity contribution in [3.8, 4) is 0 Å². The number of nitrogens with two attached hydrogens (primary N) is 1. The SMILES string of the molecule is N=C(C=CN)C1CC1. The Kier molecular flexibility index (Phi) is 1.33. The van der Waals surface area contributed by atoms with Crippen LogP contribution in [0.2, 0.25) is 0 Å². The number of hydrogen-bond donors (Lipinski definition) is 2. The van der Waals surface area contributed by atoms with Crippen LogP contribution in [0.5, 0.6) is 0 Å². The zero-order valence-corrected chi connectivity index (χ0v) is 4.72. The molecule has 1 fully saturated rings. The van der Waals surface area contributed by atoms with Gasteiger partial charge in [0.2, 0.25) is 0 Å². The van der Waals surface area contributed by atoms with Crippen molar-refractivity contribution in [3.63, 3.8) is 0 Å². The molecule has 0 unspecified atom stereocenters. The molecule has 2 heteroatoms. The third kappa shape index (κ3) is 1.09. The quantitative estimate of drug-likeness (QED) is 0.509. The highest BCUT2D eigenvalue weighted by Gasteiger charge is 2.24. The average molecular weight is 110 g/mol. The predicted molar refractivity (Wildman–Crippen MR) is 33.8 cm³/mol. The highest BCUT2D eigenvalue weighted by Crippen LogP contribution is 2.30. The second kappa shape index (κ2) is 1.99. The Balaban J connectivity index is 2.33. The lowest BCUT2D eigenvalue weighted by Gasteiger charge is -1.86.